The van der Waals surface area contributed by atoms with Crippen molar-refractivity contribution < 1.29 is 13.6 Å². The van der Waals surface area contributed by atoms with E-state index in [0.717, 1.165) is 25.8 Å². The molecule has 3 heterocycles. The molecule has 5 rings (SSSR count). The molecule has 2 N–H and O–H groups in total. The standard InChI is InChI=1S/C26H25ClF2N6O/c27-18-7-9-33(14-18)20-5-6-24(22(29)11-20)35-25(16-3-4-17(13-30)21(28)10-16)12-23(32-35)26(36)34-8-1-2-19(31)15-34/h3-6,10-12,18-19H,1-2,7-9,14-15,31H2/t18-,19+/m0/s1. The van der Waals surface area contributed by atoms with Gasteiger partial charge in [-0.2, -0.15) is 10.4 Å². The molecule has 0 aliphatic carbocycles. The quantitative estimate of drug-likeness (QED) is 0.534. The number of carbonyl (C=O) groups is 1. The maximum absolute atomic E-state index is 15.4. The van der Waals surface area contributed by atoms with Crippen LogP contribution in [0.15, 0.2) is 42.5 Å². The van der Waals surface area contributed by atoms with Crippen LogP contribution >= 0.6 is 11.6 Å². The second-order valence-corrected chi connectivity index (χ2v) is 9.87. The maximum Gasteiger partial charge on any atom is 0.274 e. The minimum absolute atomic E-state index is 0.0215. The summed E-state index contributed by atoms with van der Waals surface area (Å²) in [6.07, 6.45) is 2.45. The average Bonchev–Trinajstić information content (AvgIpc) is 3.50. The molecule has 10 heteroatoms. The second-order valence-electron chi connectivity index (χ2n) is 9.25. The van der Waals surface area contributed by atoms with Crippen molar-refractivity contribution in [2.45, 2.75) is 30.7 Å². The van der Waals surface area contributed by atoms with E-state index in [2.05, 4.69) is 5.10 Å². The van der Waals surface area contributed by atoms with Crippen molar-refractivity contribution in [1.82, 2.24) is 14.7 Å². The van der Waals surface area contributed by atoms with Crippen LogP contribution in [0.5, 0.6) is 0 Å². The zero-order valence-corrected chi connectivity index (χ0v) is 20.3. The predicted molar refractivity (Wildman–Crippen MR) is 133 cm³/mol. The number of nitriles is 1. The highest BCUT2D eigenvalue weighted by molar-refractivity contribution is 6.21. The summed E-state index contributed by atoms with van der Waals surface area (Å²) in [5.74, 6) is -1.57. The van der Waals surface area contributed by atoms with Crippen molar-refractivity contribution in [2.24, 2.45) is 5.73 Å². The van der Waals surface area contributed by atoms with Gasteiger partial charge < -0.3 is 15.5 Å². The summed E-state index contributed by atoms with van der Waals surface area (Å²) < 4.78 is 31.2. The maximum atomic E-state index is 15.4. The van der Waals surface area contributed by atoms with Gasteiger partial charge in [0.15, 0.2) is 11.5 Å². The molecule has 2 aliphatic heterocycles. The molecule has 0 bridgehead atoms. The van der Waals surface area contributed by atoms with E-state index < -0.39 is 11.6 Å². The van der Waals surface area contributed by atoms with E-state index in [-0.39, 0.29) is 34.3 Å². The molecule has 3 aromatic rings. The van der Waals surface area contributed by atoms with Crippen molar-refractivity contribution in [3.63, 3.8) is 0 Å². The first-order valence-electron chi connectivity index (χ1n) is 11.9. The summed E-state index contributed by atoms with van der Waals surface area (Å²) in [4.78, 5) is 16.9. The lowest BCUT2D eigenvalue weighted by Gasteiger charge is -2.30. The van der Waals surface area contributed by atoms with Gasteiger partial charge in [0.05, 0.1) is 16.6 Å². The van der Waals surface area contributed by atoms with Crippen LogP contribution in [-0.2, 0) is 0 Å². The molecule has 0 saturated carbocycles. The molecule has 186 valence electrons. The summed E-state index contributed by atoms with van der Waals surface area (Å²) in [5, 5.41) is 13.6. The van der Waals surface area contributed by atoms with Crippen molar-refractivity contribution in [1.29, 1.82) is 5.26 Å². The molecule has 1 amide bonds. The van der Waals surface area contributed by atoms with Crippen LogP contribution in [0.3, 0.4) is 0 Å². The number of alkyl halides is 1. The number of hydrogen-bond acceptors (Lipinski definition) is 5. The molecule has 0 radical (unpaired) electrons. The van der Waals surface area contributed by atoms with Crippen molar-refractivity contribution in [3.8, 4) is 23.0 Å². The third kappa shape index (κ3) is 4.66. The Morgan fingerprint density at radius 3 is 2.58 bits per heavy atom. The van der Waals surface area contributed by atoms with Gasteiger partial charge in [-0.1, -0.05) is 6.07 Å². The Morgan fingerprint density at radius 1 is 1.08 bits per heavy atom. The molecule has 7 nitrogen and oxygen atoms in total. The molecule has 2 atom stereocenters. The third-order valence-corrected chi connectivity index (χ3v) is 7.07. The first-order valence-corrected chi connectivity index (χ1v) is 12.3. The van der Waals surface area contributed by atoms with Gasteiger partial charge >= 0.3 is 0 Å². The smallest absolute Gasteiger partial charge is 0.274 e. The fourth-order valence-electron chi connectivity index (χ4n) is 4.81. The summed E-state index contributed by atoms with van der Waals surface area (Å²) in [5.41, 5.74) is 7.56. The van der Waals surface area contributed by atoms with E-state index in [0.29, 0.717) is 36.6 Å². The first-order chi connectivity index (χ1) is 17.3. The van der Waals surface area contributed by atoms with Gasteiger partial charge in [0.25, 0.3) is 5.91 Å². The molecule has 2 saturated heterocycles. The highest BCUT2D eigenvalue weighted by Gasteiger charge is 2.27. The number of likely N-dealkylation sites (tertiary alicyclic amines) is 1. The lowest BCUT2D eigenvalue weighted by atomic mass is 10.1. The summed E-state index contributed by atoms with van der Waals surface area (Å²) in [6, 6.07) is 12.1. The predicted octanol–water partition coefficient (Wildman–Crippen LogP) is 4.07. The van der Waals surface area contributed by atoms with Gasteiger partial charge in [-0.15, -0.1) is 11.6 Å². The Balaban J connectivity index is 1.57. The second kappa shape index (κ2) is 9.88. The minimum atomic E-state index is -0.710. The molecular weight excluding hydrogens is 486 g/mol. The molecule has 0 unspecified atom stereocenters. The van der Waals surface area contributed by atoms with Crippen LogP contribution in [0.4, 0.5) is 14.5 Å². The number of hydrogen-bond donors (Lipinski definition) is 1. The first kappa shape index (κ1) is 24.2. The van der Waals surface area contributed by atoms with Crippen LogP contribution in [0, 0.1) is 23.0 Å². The lowest BCUT2D eigenvalue weighted by molar-refractivity contribution is 0.0702. The Bertz CT molecular complexity index is 1350. The van der Waals surface area contributed by atoms with Crippen LogP contribution in [0.25, 0.3) is 16.9 Å². The number of benzene rings is 2. The molecule has 2 aliphatic rings. The molecule has 2 aromatic carbocycles. The lowest BCUT2D eigenvalue weighted by Crippen LogP contribution is -2.45. The molecule has 1 aromatic heterocycles. The summed E-state index contributed by atoms with van der Waals surface area (Å²) >= 11 is 6.21. The number of amides is 1. The van der Waals surface area contributed by atoms with Gasteiger partial charge in [-0.25, -0.2) is 13.5 Å². The normalized spacial score (nSPS) is 20.0. The number of halogens is 3. The number of nitrogens with two attached hydrogens (primary N) is 1. The van der Waals surface area contributed by atoms with Gasteiger partial charge in [0.1, 0.15) is 17.6 Å². The Morgan fingerprint density at radius 2 is 1.92 bits per heavy atom. The molecule has 2 fully saturated rings. The molecule has 0 spiro atoms. The Labute approximate surface area is 212 Å². The monoisotopic (exact) mass is 510 g/mol. The largest absolute Gasteiger partial charge is 0.370 e. The Kier molecular flexibility index (Phi) is 6.65. The fourth-order valence-corrected chi connectivity index (χ4v) is 5.08. The number of rotatable bonds is 4. The van der Waals surface area contributed by atoms with Crippen LogP contribution < -0.4 is 10.6 Å². The van der Waals surface area contributed by atoms with Gasteiger partial charge in [-0.3, -0.25) is 4.79 Å². The van der Waals surface area contributed by atoms with Crippen molar-refractivity contribution in [2.75, 3.05) is 31.1 Å². The van der Waals surface area contributed by atoms with Gasteiger partial charge in [0, 0.05) is 43.5 Å². The van der Waals surface area contributed by atoms with E-state index in [1.807, 2.05) is 4.90 Å². The van der Waals surface area contributed by atoms with E-state index in [1.54, 1.807) is 29.2 Å². The average molecular weight is 511 g/mol. The van der Waals surface area contributed by atoms with Crippen molar-refractivity contribution >= 4 is 23.2 Å². The zero-order chi connectivity index (χ0) is 25.4. The van der Waals surface area contributed by atoms with Crippen LogP contribution in [0.1, 0.15) is 35.3 Å². The van der Waals surface area contributed by atoms with Crippen molar-refractivity contribution in [3.05, 3.63) is 65.4 Å². The number of aromatic nitrogens is 2. The zero-order valence-electron chi connectivity index (χ0n) is 19.5. The minimum Gasteiger partial charge on any atom is -0.370 e. The highest BCUT2D eigenvalue weighted by Crippen LogP contribution is 2.31. The van der Waals surface area contributed by atoms with Gasteiger partial charge in [-0.05, 0) is 55.7 Å². The van der Waals surface area contributed by atoms with E-state index in [1.165, 1.54) is 28.9 Å². The van der Waals surface area contributed by atoms with E-state index in [9.17, 15) is 9.18 Å². The highest BCUT2D eigenvalue weighted by atomic mass is 35.5. The summed E-state index contributed by atoms with van der Waals surface area (Å²) in [6.45, 7) is 2.34. The van der Waals surface area contributed by atoms with Gasteiger partial charge in [0.2, 0.25) is 0 Å². The van der Waals surface area contributed by atoms with Crippen LogP contribution in [-0.4, -0.2) is 58.2 Å². The number of nitrogens with zero attached hydrogens (tertiary/aromatic N) is 5. The van der Waals surface area contributed by atoms with E-state index >= 15 is 4.39 Å². The SMILES string of the molecule is N#Cc1ccc(-c2cc(C(=O)N3CCC[C@@H](N)C3)nn2-c2ccc(N3CC[C@H](Cl)C3)cc2F)cc1F. The fraction of sp³-hybridized carbons (Fsp3) is 0.346. The molecule has 36 heavy (non-hydrogen) atoms. The van der Waals surface area contributed by atoms with Crippen LogP contribution in [0.2, 0.25) is 0 Å². The Hall–Kier alpha value is -3.48. The third-order valence-electron chi connectivity index (χ3n) is 6.71. The number of carbonyl (C=O) groups excluding carboxylic acids is 1. The topological polar surface area (TPSA) is 91.2 Å². The molecular formula is C26H25ClF2N6O. The summed E-state index contributed by atoms with van der Waals surface area (Å²) in [7, 11) is 0. The number of anilines is 1. The van der Waals surface area contributed by atoms with E-state index in [4.69, 9.17) is 22.6 Å². The number of piperidine rings is 1.